The van der Waals surface area contributed by atoms with E-state index in [1.54, 1.807) is 24.3 Å². The van der Waals surface area contributed by atoms with Crippen LogP contribution >= 0.6 is 19.3 Å². The topological polar surface area (TPSA) is 105 Å². The van der Waals surface area contributed by atoms with Crippen molar-refractivity contribution < 1.29 is 28.9 Å². The molecule has 0 radical (unpaired) electrons. The number of nitrogens with one attached hydrogen (secondary N) is 1. The van der Waals surface area contributed by atoms with Crippen LogP contribution in [0, 0.1) is 0 Å². The SMILES string of the molecule is CC(NP(=O)(O)OOc1c(Cl)ccc2ccccc12)C(=O)O. The van der Waals surface area contributed by atoms with Gasteiger partial charge in [0.15, 0.2) is 5.75 Å². The van der Waals surface area contributed by atoms with Gasteiger partial charge in [0.2, 0.25) is 0 Å². The maximum Gasteiger partial charge on any atom is 0.440 e. The molecule has 0 aliphatic heterocycles. The summed E-state index contributed by atoms with van der Waals surface area (Å²) in [4.78, 5) is 25.1. The summed E-state index contributed by atoms with van der Waals surface area (Å²) in [5, 5.41) is 12.2. The molecule has 9 heteroatoms. The second kappa shape index (κ2) is 6.64. The molecule has 0 amide bonds. The Morgan fingerprint density at radius 2 is 2.00 bits per heavy atom. The van der Waals surface area contributed by atoms with Gasteiger partial charge >= 0.3 is 13.7 Å². The Labute approximate surface area is 130 Å². The van der Waals surface area contributed by atoms with E-state index in [9.17, 15) is 14.3 Å². The Morgan fingerprint density at radius 3 is 2.68 bits per heavy atom. The van der Waals surface area contributed by atoms with Crippen molar-refractivity contribution in [2.24, 2.45) is 0 Å². The number of fused-ring (bicyclic) bond motifs is 1. The minimum atomic E-state index is -4.48. The van der Waals surface area contributed by atoms with E-state index in [1.165, 1.54) is 6.92 Å². The van der Waals surface area contributed by atoms with Crippen LogP contribution in [0.2, 0.25) is 5.02 Å². The van der Waals surface area contributed by atoms with Crippen LogP contribution in [0.4, 0.5) is 0 Å². The second-order valence-electron chi connectivity index (χ2n) is 4.46. The van der Waals surface area contributed by atoms with Crippen LogP contribution < -0.4 is 9.97 Å². The minimum absolute atomic E-state index is 0.0684. The average molecular weight is 346 g/mol. The van der Waals surface area contributed by atoms with Crippen molar-refractivity contribution in [1.82, 2.24) is 5.09 Å². The molecular weight excluding hydrogens is 333 g/mol. The number of carboxylic acid groups (broad SMARTS) is 1. The second-order valence-corrected chi connectivity index (χ2v) is 6.32. The van der Waals surface area contributed by atoms with Gasteiger partial charge < -0.3 is 14.9 Å². The van der Waals surface area contributed by atoms with Gasteiger partial charge in [-0.15, -0.1) is 0 Å². The number of carbonyl (C=O) groups is 1. The molecule has 2 rings (SSSR count). The lowest BCUT2D eigenvalue weighted by molar-refractivity contribution is -0.139. The summed E-state index contributed by atoms with van der Waals surface area (Å²) in [5.74, 6) is -1.24. The first-order valence-corrected chi connectivity index (χ1v) is 8.12. The van der Waals surface area contributed by atoms with E-state index in [0.29, 0.717) is 5.39 Å². The molecule has 0 fully saturated rings. The number of hydrogen-bond acceptors (Lipinski definition) is 4. The van der Waals surface area contributed by atoms with Crippen LogP contribution in [0.1, 0.15) is 6.92 Å². The van der Waals surface area contributed by atoms with Crippen LogP contribution in [0.25, 0.3) is 10.8 Å². The number of hydrogen-bond donors (Lipinski definition) is 3. The standard InChI is InChI=1S/C13H13ClNO6P/c1-8(13(16)17)15-22(18,19)21-20-12-10-5-3-2-4-9(10)6-7-11(12)14/h2-8H,1H3,(H,16,17)(H2,15,18,19). The molecule has 118 valence electrons. The monoisotopic (exact) mass is 345 g/mol. The third-order valence-electron chi connectivity index (χ3n) is 2.78. The van der Waals surface area contributed by atoms with Crippen molar-refractivity contribution >= 4 is 36.1 Å². The highest BCUT2D eigenvalue weighted by Crippen LogP contribution is 2.41. The van der Waals surface area contributed by atoms with Gasteiger partial charge in [0.25, 0.3) is 0 Å². The van der Waals surface area contributed by atoms with E-state index in [1.807, 2.05) is 17.2 Å². The molecule has 0 aliphatic rings. The number of halogens is 1. The number of rotatable bonds is 6. The van der Waals surface area contributed by atoms with E-state index < -0.39 is 19.8 Å². The minimum Gasteiger partial charge on any atom is -0.480 e. The van der Waals surface area contributed by atoms with Crippen molar-refractivity contribution in [2.75, 3.05) is 0 Å². The van der Waals surface area contributed by atoms with E-state index in [2.05, 4.69) is 4.67 Å². The zero-order valence-corrected chi connectivity index (χ0v) is 13.0. The van der Waals surface area contributed by atoms with Gasteiger partial charge in [0.05, 0.1) is 5.02 Å². The van der Waals surface area contributed by atoms with Crippen molar-refractivity contribution in [1.29, 1.82) is 0 Å². The molecule has 0 bridgehead atoms. The first kappa shape index (κ1) is 16.7. The summed E-state index contributed by atoms with van der Waals surface area (Å²) in [7, 11) is -4.48. The Kier molecular flexibility index (Phi) is 5.05. The highest BCUT2D eigenvalue weighted by Gasteiger charge is 2.28. The Morgan fingerprint density at radius 1 is 1.32 bits per heavy atom. The van der Waals surface area contributed by atoms with E-state index >= 15 is 0 Å². The average Bonchev–Trinajstić information content (AvgIpc) is 2.45. The summed E-state index contributed by atoms with van der Waals surface area (Å²) in [6.45, 7) is 1.19. The van der Waals surface area contributed by atoms with Crippen LogP contribution in [0.3, 0.4) is 0 Å². The molecule has 0 saturated heterocycles. The normalized spacial score (nSPS) is 15.2. The largest absolute Gasteiger partial charge is 0.480 e. The van der Waals surface area contributed by atoms with Crippen molar-refractivity contribution in [3.8, 4) is 5.75 Å². The first-order chi connectivity index (χ1) is 10.3. The fourth-order valence-corrected chi connectivity index (χ4v) is 2.73. The molecule has 22 heavy (non-hydrogen) atoms. The van der Waals surface area contributed by atoms with Crippen LogP contribution in [0.15, 0.2) is 36.4 Å². The van der Waals surface area contributed by atoms with Gasteiger partial charge in [-0.25, -0.2) is 9.65 Å². The molecule has 2 aromatic rings. The number of benzene rings is 2. The maximum atomic E-state index is 11.7. The summed E-state index contributed by atoms with van der Waals surface area (Å²) in [5.41, 5.74) is 0. The smallest absolute Gasteiger partial charge is 0.440 e. The molecule has 0 heterocycles. The molecule has 0 aliphatic carbocycles. The molecule has 7 nitrogen and oxygen atoms in total. The summed E-state index contributed by atoms with van der Waals surface area (Å²) in [6.07, 6.45) is 0. The lowest BCUT2D eigenvalue weighted by atomic mass is 10.1. The Hall–Kier alpha value is -1.63. The van der Waals surface area contributed by atoms with Crippen molar-refractivity contribution in [3.05, 3.63) is 41.4 Å². The van der Waals surface area contributed by atoms with E-state index in [0.717, 1.165) is 5.39 Å². The molecule has 2 unspecified atom stereocenters. The number of aliphatic carboxylic acids is 1. The fraction of sp³-hybridized carbons (Fsp3) is 0.154. The molecule has 0 aromatic heterocycles. The highest BCUT2D eigenvalue weighted by atomic mass is 35.5. The maximum absolute atomic E-state index is 11.7. The molecule has 0 spiro atoms. The van der Waals surface area contributed by atoms with Gasteiger partial charge in [-0.1, -0.05) is 46.6 Å². The lowest BCUT2D eigenvalue weighted by Gasteiger charge is -2.16. The molecule has 0 saturated carbocycles. The predicted molar refractivity (Wildman–Crippen MR) is 80.7 cm³/mol. The van der Waals surface area contributed by atoms with Crippen LogP contribution in [-0.2, 0) is 14.0 Å². The van der Waals surface area contributed by atoms with Gasteiger partial charge in [0.1, 0.15) is 6.04 Å². The van der Waals surface area contributed by atoms with Gasteiger partial charge in [-0.3, -0.25) is 4.79 Å². The quantitative estimate of drug-likeness (QED) is 0.420. The summed E-state index contributed by atoms with van der Waals surface area (Å²) >= 11 is 6.00. The zero-order valence-electron chi connectivity index (χ0n) is 11.4. The fourth-order valence-electron chi connectivity index (χ4n) is 1.71. The van der Waals surface area contributed by atoms with Crippen LogP contribution in [0.5, 0.6) is 5.75 Å². The van der Waals surface area contributed by atoms with Gasteiger partial charge in [-0.05, 0) is 18.4 Å². The van der Waals surface area contributed by atoms with Crippen molar-refractivity contribution in [3.63, 3.8) is 0 Å². The summed E-state index contributed by atoms with van der Waals surface area (Å²) in [6, 6.07) is 9.09. The Bertz CT molecular complexity index is 752. The van der Waals surface area contributed by atoms with E-state index in [-0.39, 0.29) is 10.8 Å². The van der Waals surface area contributed by atoms with Crippen molar-refractivity contribution in [2.45, 2.75) is 13.0 Å². The highest BCUT2D eigenvalue weighted by molar-refractivity contribution is 7.50. The van der Waals surface area contributed by atoms with Gasteiger partial charge in [0, 0.05) is 5.39 Å². The Balaban J connectivity index is 2.19. The molecule has 2 atom stereocenters. The molecular formula is C13H13ClNO6P. The predicted octanol–water partition coefficient (Wildman–Crippen LogP) is 2.97. The van der Waals surface area contributed by atoms with E-state index in [4.69, 9.17) is 21.6 Å². The third kappa shape index (κ3) is 3.97. The van der Waals surface area contributed by atoms with Gasteiger partial charge in [-0.2, -0.15) is 0 Å². The lowest BCUT2D eigenvalue weighted by Crippen LogP contribution is -2.32. The molecule has 2 aromatic carbocycles. The first-order valence-electron chi connectivity index (χ1n) is 6.17. The van der Waals surface area contributed by atoms with Crippen LogP contribution in [-0.4, -0.2) is 22.0 Å². The molecule has 3 N–H and O–H groups in total. The number of carboxylic acids is 1. The zero-order chi connectivity index (χ0) is 16.3. The third-order valence-corrected chi connectivity index (χ3v) is 4.07. The summed E-state index contributed by atoms with van der Waals surface area (Å²) < 4.78 is 16.2.